The van der Waals surface area contributed by atoms with Gasteiger partial charge in [0.25, 0.3) is 0 Å². The van der Waals surface area contributed by atoms with E-state index < -0.39 is 0 Å². The molecule has 90 valence electrons. The zero-order chi connectivity index (χ0) is 12.8. The van der Waals surface area contributed by atoms with E-state index in [1.807, 2.05) is 30.3 Å². The minimum absolute atomic E-state index is 0.325. The molecule has 0 saturated heterocycles. The maximum absolute atomic E-state index is 10.7. The molecule has 2 aromatic carbocycles. The van der Waals surface area contributed by atoms with Gasteiger partial charge < -0.3 is 0 Å². The van der Waals surface area contributed by atoms with Gasteiger partial charge in [-0.25, -0.2) is 0 Å². The van der Waals surface area contributed by atoms with Crippen LogP contribution in [-0.4, -0.2) is 0 Å². The molecule has 0 radical (unpaired) electrons. The van der Waals surface area contributed by atoms with Crippen LogP contribution in [0.15, 0.2) is 58.9 Å². The average molecular weight is 240 g/mol. The van der Waals surface area contributed by atoms with Gasteiger partial charge in [-0.1, -0.05) is 30.3 Å². The van der Waals surface area contributed by atoms with Crippen molar-refractivity contribution in [2.24, 2.45) is 10.4 Å². The molecule has 0 atom stereocenters. The van der Waals surface area contributed by atoms with Gasteiger partial charge in [0.2, 0.25) is 0 Å². The van der Waals surface area contributed by atoms with Crippen LogP contribution in [0.25, 0.3) is 0 Å². The molecule has 0 saturated carbocycles. The molecule has 0 spiro atoms. The molecule has 0 aliphatic carbocycles. The van der Waals surface area contributed by atoms with Gasteiger partial charge in [0.05, 0.1) is 0 Å². The molecule has 0 aliphatic rings. The van der Waals surface area contributed by atoms with E-state index in [9.17, 15) is 9.81 Å². The largest absolute Gasteiger partial charge is 0.145 e. The Morgan fingerprint density at radius 3 is 2.28 bits per heavy atom. The third kappa shape index (κ3) is 2.85. The number of hydrogen-bond donors (Lipinski definition) is 0. The van der Waals surface area contributed by atoms with Crippen LogP contribution in [0.2, 0.25) is 0 Å². The van der Waals surface area contributed by atoms with Gasteiger partial charge in [-0.3, -0.25) is 0 Å². The molecule has 0 bridgehead atoms. The van der Waals surface area contributed by atoms with Gasteiger partial charge in [-0.05, 0) is 52.5 Å². The highest BCUT2D eigenvalue weighted by molar-refractivity contribution is 5.54. The van der Waals surface area contributed by atoms with E-state index in [4.69, 9.17) is 0 Å². The lowest BCUT2D eigenvalue weighted by molar-refractivity contribution is 0.959. The van der Waals surface area contributed by atoms with E-state index in [1.165, 1.54) is 17.7 Å². The Morgan fingerprint density at radius 1 is 0.833 bits per heavy atom. The quantitative estimate of drug-likeness (QED) is 0.733. The summed E-state index contributed by atoms with van der Waals surface area (Å²) in [5.74, 6) is 0. The van der Waals surface area contributed by atoms with Gasteiger partial charge in [0, 0.05) is 0 Å². The van der Waals surface area contributed by atoms with Crippen molar-refractivity contribution < 1.29 is 0 Å². The fraction of sp³-hybridized carbons (Fsp3) is 0.143. The van der Waals surface area contributed by atoms with Crippen molar-refractivity contribution in [3.63, 3.8) is 0 Å². The molecule has 0 heterocycles. The number of nitrogens with zero attached hydrogens (tertiary/aromatic N) is 2. The predicted octanol–water partition coefficient (Wildman–Crippen LogP) is 4.27. The van der Waals surface area contributed by atoms with Crippen molar-refractivity contribution in [2.45, 2.75) is 12.8 Å². The lowest BCUT2D eigenvalue weighted by Crippen LogP contribution is -1.91. The summed E-state index contributed by atoms with van der Waals surface area (Å²) >= 11 is 0. The smallest absolute Gasteiger partial charge is 0.111 e. The zero-order valence-electron chi connectivity index (χ0n) is 9.74. The van der Waals surface area contributed by atoms with Crippen LogP contribution < -0.4 is 0 Å². The zero-order valence-corrected chi connectivity index (χ0v) is 9.74. The van der Waals surface area contributed by atoms with Crippen molar-refractivity contribution in [1.82, 2.24) is 0 Å². The summed E-state index contributed by atoms with van der Waals surface area (Å²) in [5, 5.41) is 5.83. The van der Waals surface area contributed by atoms with Crippen molar-refractivity contribution in [2.75, 3.05) is 0 Å². The fourth-order valence-corrected chi connectivity index (χ4v) is 1.84. The SMILES string of the molecule is O=Nc1ccc(N=O)c(CCc2ccccc2)c1. The van der Waals surface area contributed by atoms with Crippen molar-refractivity contribution in [3.8, 4) is 0 Å². The van der Waals surface area contributed by atoms with Crippen molar-refractivity contribution >= 4 is 11.4 Å². The van der Waals surface area contributed by atoms with Gasteiger partial charge >= 0.3 is 0 Å². The average Bonchev–Trinajstić information content (AvgIpc) is 2.45. The summed E-state index contributed by atoms with van der Waals surface area (Å²) in [6, 6.07) is 14.6. The second-order valence-electron chi connectivity index (χ2n) is 3.98. The third-order valence-electron chi connectivity index (χ3n) is 2.79. The molecular formula is C14H12N2O2. The van der Waals surface area contributed by atoms with Gasteiger partial charge in [-0.15, -0.1) is 9.81 Å². The highest BCUT2D eigenvalue weighted by atomic mass is 16.3. The normalized spacial score (nSPS) is 10.0. The molecule has 0 aromatic heterocycles. The van der Waals surface area contributed by atoms with E-state index in [2.05, 4.69) is 10.4 Å². The molecule has 0 aliphatic heterocycles. The lowest BCUT2D eigenvalue weighted by Gasteiger charge is -2.04. The maximum Gasteiger partial charge on any atom is 0.111 e. The first kappa shape index (κ1) is 12.1. The number of hydrogen-bond acceptors (Lipinski definition) is 4. The summed E-state index contributed by atoms with van der Waals surface area (Å²) in [6.07, 6.45) is 1.46. The Bertz CT molecular complexity index is 553. The van der Waals surface area contributed by atoms with Crippen LogP contribution in [0.5, 0.6) is 0 Å². The minimum Gasteiger partial charge on any atom is -0.145 e. The Hall–Kier alpha value is -2.36. The molecule has 2 rings (SSSR count). The molecule has 0 N–H and O–H groups in total. The van der Waals surface area contributed by atoms with E-state index in [0.717, 1.165) is 12.0 Å². The number of rotatable bonds is 5. The van der Waals surface area contributed by atoms with Crippen molar-refractivity contribution in [3.05, 3.63) is 69.5 Å². The van der Waals surface area contributed by atoms with E-state index >= 15 is 0 Å². The molecule has 0 fully saturated rings. The van der Waals surface area contributed by atoms with Crippen LogP contribution >= 0.6 is 0 Å². The molecule has 4 heteroatoms. The van der Waals surface area contributed by atoms with Crippen LogP contribution in [-0.2, 0) is 12.8 Å². The highest BCUT2D eigenvalue weighted by Crippen LogP contribution is 2.25. The van der Waals surface area contributed by atoms with Crippen LogP contribution in [0.1, 0.15) is 11.1 Å². The Labute approximate surface area is 105 Å². The maximum atomic E-state index is 10.7. The Kier molecular flexibility index (Phi) is 3.91. The topological polar surface area (TPSA) is 58.9 Å². The van der Waals surface area contributed by atoms with Gasteiger partial charge in [0.1, 0.15) is 11.4 Å². The van der Waals surface area contributed by atoms with Crippen LogP contribution in [0, 0.1) is 9.81 Å². The first-order chi connectivity index (χ1) is 8.83. The fourth-order valence-electron chi connectivity index (χ4n) is 1.84. The Morgan fingerprint density at radius 2 is 1.61 bits per heavy atom. The summed E-state index contributed by atoms with van der Waals surface area (Å²) in [4.78, 5) is 21.2. The molecule has 2 aromatic rings. The monoisotopic (exact) mass is 240 g/mol. The van der Waals surface area contributed by atoms with Gasteiger partial charge in [-0.2, -0.15) is 0 Å². The molecule has 0 amide bonds. The second-order valence-corrected chi connectivity index (χ2v) is 3.98. The minimum atomic E-state index is 0.325. The van der Waals surface area contributed by atoms with Crippen LogP contribution in [0.3, 0.4) is 0 Å². The number of benzene rings is 2. The van der Waals surface area contributed by atoms with Crippen LogP contribution in [0.4, 0.5) is 11.4 Å². The van der Waals surface area contributed by atoms with E-state index in [-0.39, 0.29) is 0 Å². The highest BCUT2D eigenvalue weighted by Gasteiger charge is 2.05. The van der Waals surface area contributed by atoms with E-state index in [1.54, 1.807) is 6.07 Å². The molecular weight excluding hydrogens is 228 g/mol. The lowest BCUT2D eigenvalue weighted by atomic mass is 10.0. The summed E-state index contributed by atoms with van der Waals surface area (Å²) in [5.41, 5.74) is 2.63. The summed E-state index contributed by atoms with van der Waals surface area (Å²) in [6.45, 7) is 0. The Balaban J connectivity index is 2.17. The second kappa shape index (κ2) is 5.82. The molecule has 18 heavy (non-hydrogen) atoms. The summed E-state index contributed by atoms with van der Waals surface area (Å²) in [7, 11) is 0. The molecule has 0 unspecified atom stereocenters. The molecule has 4 nitrogen and oxygen atoms in total. The summed E-state index contributed by atoms with van der Waals surface area (Å²) < 4.78 is 0. The first-order valence-electron chi connectivity index (χ1n) is 5.67. The van der Waals surface area contributed by atoms with Gasteiger partial charge in [0.15, 0.2) is 0 Å². The standard InChI is InChI=1S/C14H12N2O2/c17-15-13-8-9-14(16-18)12(10-13)7-6-11-4-2-1-3-5-11/h1-5,8-10H,6-7H2. The van der Waals surface area contributed by atoms with Crippen molar-refractivity contribution in [1.29, 1.82) is 0 Å². The third-order valence-corrected chi connectivity index (χ3v) is 2.79. The number of nitroso groups, excluding NO2 is 2. The number of aryl methyl sites for hydroxylation is 2. The first-order valence-corrected chi connectivity index (χ1v) is 5.67. The van der Waals surface area contributed by atoms with E-state index in [0.29, 0.717) is 17.8 Å². The predicted molar refractivity (Wildman–Crippen MR) is 71.2 cm³/mol.